The topological polar surface area (TPSA) is 31.4 Å². The van der Waals surface area contributed by atoms with Crippen molar-refractivity contribution in [2.24, 2.45) is 0 Å². The van der Waals surface area contributed by atoms with Gasteiger partial charge in [-0.1, -0.05) is 23.7 Å². The smallest absolute Gasteiger partial charge is 0.398 e. The number of rotatable bonds is 1. The third kappa shape index (κ3) is 2.22. The molecule has 2 aromatic rings. The van der Waals surface area contributed by atoms with Gasteiger partial charge in [0.1, 0.15) is 0 Å². The Kier molecular flexibility index (Phi) is 3.09. The van der Waals surface area contributed by atoms with Crippen molar-refractivity contribution in [1.29, 1.82) is 0 Å². The van der Waals surface area contributed by atoms with Crippen molar-refractivity contribution in [2.45, 2.75) is 38.9 Å². The molecule has 1 aromatic heterocycles. The van der Waals surface area contributed by atoms with Crippen molar-refractivity contribution in [2.75, 3.05) is 0 Å². The number of halogens is 1. The van der Waals surface area contributed by atoms with Gasteiger partial charge in [0.2, 0.25) is 0 Å². The van der Waals surface area contributed by atoms with Gasteiger partial charge < -0.3 is 9.31 Å². The van der Waals surface area contributed by atoms with Crippen LogP contribution in [0.5, 0.6) is 0 Å². The van der Waals surface area contributed by atoms with E-state index >= 15 is 0 Å². The summed E-state index contributed by atoms with van der Waals surface area (Å²) < 4.78 is 12.0. The first kappa shape index (κ1) is 13.9. The van der Waals surface area contributed by atoms with Crippen LogP contribution in [0.2, 0.25) is 5.02 Å². The molecule has 1 fully saturated rings. The highest BCUT2D eigenvalue weighted by Crippen LogP contribution is 2.36. The van der Waals surface area contributed by atoms with Gasteiger partial charge in [-0.15, -0.1) is 0 Å². The lowest BCUT2D eigenvalue weighted by Gasteiger charge is -2.32. The van der Waals surface area contributed by atoms with E-state index in [1.54, 1.807) is 0 Å². The fraction of sp³-hybridized carbons (Fsp3) is 0.400. The molecule has 0 spiro atoms. The number of fused-ring (bicyclic) bond motifs is 1. The molecule has 3 rings (SSSR count). The lowest BCUT2D eigenvalue weighted by atomic mass is 9.84. The van der Waals surface area contributed by atoms with Crippen molar-refractivity contribution in [1.82, 2.24) is 4.98 Å². The molecule has 20 heavy (non-hydrogen) atoms. The van der Waals surface area contributed by atoms with Gasteiger partial charge in [0.05, 0.1) is 22.3 Å². The Morgan fingerprint density at radius 1 is 1.00 bits per heavy atom. The Hall–Kier alpha value is -1.10. The third-order valence-corrected chi connectivity index (χ3v) is 4.41. The molecule has 1 saturated heterocycles. The van der Waals surface area contributed by atoms with E-state index in [1.165, 1.54) is 0 Å². The van der Waals surface area contributed by atoms with Crippen LogP contribution < -0.4 is 5.59 Å². The highest BCUT2D eigenvalue weighted by molar-refractivity contribution is 6.61. The standard InChI is InChI=1S/C15H17BClNO2/c1-14(2)15(3,4)20-16(19-14)13-8-6-10-5-7-11(17)9-12(10)18-13/h5-9H,1-4H3. The van der Waals surface area contributed by atoms with Crippen molar-refractivity contribution < 1.29 is 9.31 Å². The van der Waals surface area contributed by atoms with Gasteiger partial charge in [-0.25, -0.2) is 0 Å². The highest BCUT2D eigenvalue weighted by Gasteiger charge is 2.52. The van der Waals surface area contributed by atoms with Gasteiger partial charge in [0.15, 0.2) is 0 Å². The Labute approximate surface area is 124 Å². The number of hydrogen-bond donors (Lipinski definition) is 0. The fourth-order valence-corrected chi connectivity index (χ4v) is 2.37. The summed E-state index contributed by atoms with van der Waals surface area (Å²) in [7, 11) is -0.441. The second-order valence-corrected chi connectivity index (χ2v) is 6.60. The zero-order valence-electron chi connectivity index (χ0n) is 12.1. The average molecular weight is 290 g/mol. The van der Waals surface area contributed by atoms with E-state index in [4.69, 9.17) is 20.9 Å². The first-order valence-corrected chi connectivity index (χ1v) is 7.08. The molecular formula is C15H17BClNO2. The van der Waals surface area contributed by atoms with E-state index in [-0.39, 0.29) is 11.2 Å². The van der Waals surface area contributed by atoms with Crippen LogP contribution in [0, 0.1) is 0 Å². The van der Waals surface area contributed by atoms with Crippen molar-refractivity contribution in [3.63, 3.8) is 0 Å². The number of benzene rings is 1. The zero-order valence-corrected chi connectivity index (χ0v) is 12.9. The summed E-state index contributed by atoms with van der Waals surface area (Å²) in [6.07, 6.45) is 0. The number of nitrogens with zero attached hydrogens (tertiary/aromatic N) is 1. The number of pyridine rings is 1. The van der Waals surface area contributed by atoms with Gasteiger partial charge in [0.25, 0.3) is 0 Å². The monoisotopic (exact) mass is 289 g/mol. The van der Waals surface area contributed by atoms with E-state index in [9.17, 15) is 0 Å². The molecule has 0 aliphatic carbocycles. The maximum Gasteiger partial charge on any atom is 0.514 e. The third-order valence-electron chi connectivity index (χ3n) is 4.17. The highest BCUT2D eigenvalue weighted by atomic mass is 35.5. The van der Waals surface area contributed by atoms with Crippen LogP contribution in [0.1, 0.15) is 27.7 Å². The largest absolute Gasteiger partial charge is 0.514 e. The average Bonchev–Trinajstić information content (AvgIpc) is 2.57. The first-order chi connectivity index (χ1) is 9.28. The Balaban J connectivity index is 2.00. The summed E-state index contributed by atoms with van der Waals surface area (Å²) >= 11 is 6.02. The summed E-state index contributed by atoms with van der Waals surface area (Å²) in [6, 6.07) is 9.63. The Morgan fingerprint density at radius 2 is 1.60 bits per heavy atom. The quantitative estimate of drug-likeness (QED) is 0.756. The van der Waals surface area contributed by atoms with Gasteiger partial charge in [-0.2, -0.15) is 0 Å². The van der Waals surface area contributed by atoms with Crippen LogP contribution in [-0.4, -0.2) is 23.3 Å². The molecule has 0 saturated carbocycles. The lowest BCUT2D eigenvalue weighted by molar-refractivity contribution is 0.00578. The van der Waals surface area contributed by atoms with Crippen LogP contribution in [0.4, 0.5) is 0 Å². The van der Waals surface area contributed by atoms with Crippen LogP contribution >= 0.6 is 11.6 Å². The maximum absolute atomic E-state index is 6.02. The predicted molar refractivity (Wildman–Crippen MR) is 82.5 cm³/mol. The molecule has 1 aliphatic heterocycles. The van der Waals surface area contributed by atoms with E-state index < -0.39 is 7.12 Å². The fourth-order valence-electron chi connectivity index (χ4n) is 2.20. The van der Waals surface area contributed by atoms with Gasteiger partial charge >= 0.3 is 7.12 Å². The summed E-state index contributed by atoms with van der Waals surface area (Å²) in [5.41, 5.74) is 0.911. The molecule has 0 N–H and O–H groups in total. The van der Waals surface area contributed by atoms with Crippen LogP contribution in [-0.2, 0) is 9.31 Å². The van der Waals surface area contributed by atoms with Gasteiger partial charge in [-0.3, -0.25) is 4.98 Å². The van der Waals surface area contributed by atoms with E-state index in [0.717, 1.165) is 16.5 Å². The summed E-state index contributed by atoms with van der Waals surface area (Å²) in [5, 5.41) is 1.73. The Bertz CT molecular complexity index is 656. The van der Waals surface area contributed by atoms with Crippen molar-refractivity contribution >= 4 is 35.2 Å². The number of aromatic nitrogens is 1. The molecule has 3 nitrogen and oxygen atoms in total. The molecule has 0 unspecified atom stereocenters. The minimum Gasteiger partial charge on any atom is -0.398 e. The molecule has 0 amide bonds. The van der Waals surface area contributed by atoms with Crippen LogP contribution in [0.15, 0.2) is 30.3 Å². The predicted octanol–water partition coefficient (Wildman–Crippen LogP) is 3.19. The molecule has 1 aromatic carbocycles. The SMILES string of the molecule is CC1(C)OB(c2ccc3ccc(Cl)cc3n2)OC1(C)C. The zero-order chi connectivity index (χ0) is 14.5. The molecule has 5 heteroatoms. The lowest BCUT2D eigenvalue weighted by Crippen LogP contribution is -2.41. The van der Waals surface area contributed by atoms with E-state index in [0.29, 0.717) is 5.02 Å². The molecule has 0 radical (unpaired) electrons. The molecule has 0 atom stereocenters. The number of hydrogen-bond acceptors (Lipinski definition) is 3. The summed E-state index contributed by atoms with van der Waals surface area (Å²) in [4.78, 5) is 4.61. The normalized spacial score (nSPS) is 20.6. The van der Waals surface area contributed by atoms with E-state index in [2.05, 4.69) is 4.98 Å². The molecular weight excluding hydrogens is 272 g/mol. The molecule has 104 valence electrons. The second-order valence-electron chi connectivity index (χ2n) is 6.16. The van der Waals surface area contributed by atoms with Gasteiger partial charge in [0, 0.05) is 10.4 Å². The first-order valence-electron chi connectivity index (χ1n) is 6.70. The van der Waals surface area contributed by atoms with Gasteiger partial charge in [-0.05, 0) is 45.9 Å². The minimum absolute atomic E-state index is 0.358. The molecule has 1 aliphatic rings. The van der Waals surface area contributed by atoms with Crippen molar-refractivity contribution in [3.05, 3.63) is 35.4 Å². The van der Waals surface area contributed by atoms with E-state index in [1.807, 2.05) is 58.0 Å². The Morgan fingerprint density at radius 3 is 2.25 bits per heavy atom. The second kappa shape index (κ2) is 4.45. The molecule has 2 heterocycles. The summed E-state index contributed by atoms with van der Waals surface area (Å²) in [5.74, 6) is 0. The maximum atomic E-state index is 6.02. The van der Waals surface area contributed by atoms with Crippen molar-refractivity contribution in [3.8, 4) is 0 Å². The van der Waals surface area contributed by atoms with Crippen LogP contribution in [0.25, 0.3) is 10.9 Å². The molecule has 0 bridgehead atoms. The summed E-state index contributed by atoms with van der Waals surface area (Å²) in [6.45, 7) is 8.13. The van der Waals surface area contributed by atoms with Crippen LogP contribution in [0.3, 0.4) is 0 Å². The minimum atomic E-state index is -0.441.